The lowest BCUT2D eigenvalue weighted by Gasteiger charge is -1.97. The molecule has 0 heterocycles. The maximum absolute atomic E-state index is 10.7. The van der Waals surface area contributed by atoms with E-state index in [0.29, 0.717) is 11.1 Å². The molecule has 10 heavy (non-hydrogen) atoms. The van der Waals surface area contributed by atoms with Crippen molar-refractivity contribution in [3.05, 3.63) is 23.2 Å². The van der Waals surface area contributed by atoms with Gasteiger partial charge in [0, 0.05) is 0 Å². The third-order valence-corrected chi connectivity index (χ3v) is 1.32. The van der Waals surface area contributed by atoms with Gasteiger partial charge in [-0.15, -0.1) is 0 Å². The Bertz CT molecular complexity index is 161. The minimum atomic E-state index is -0.359. The summed E-state index contributed by atoms with van der Waals surface area (Å²) >= 11 is 3.02. The number of esters is 1. The van der Waals surface area contributed by atoms with Crippen LogP contribution in [0.2, 0.25) is 0 Å². The molecule has 0 fully saturated rings. The van der Waals surface area contributed by atoms with Crippen LogP contribution >= 0.6 is 15.9 Å². The second-order valence-corrected chi connectivity index (χ2v) is 2.33. The Hall–Kier alpha value is -0.570. The fourth-order valence-electron chi connectivity index (χ4n) is 0.372. The fraction of sp³-hybridized carbons (Fsp3) is 0.286. The predicted molar refractivity (Wildman–Crippen MR) is 43.8 cm³/mol. The van der Waals surface area contributed by atoms with E-state index in [1.165, 1.54) is 12.2 Å². The highest BCUT2D eigenvalue weighted by Gasteiger charge is 2.03. The van der Waals surface area contributed by atoms with Gasteiger partial charge < -0.3 is 4.74 Å². The molecule has 0 rings (SSSR count). The number of halogens is 1. The number of carbonyl (C=O) groups is 1. The third-order valence-electron chi connectivity index (χ3n) is 0.735. The Labute approximate surface area is 68.7 Å². The molecule has 0 radical (unpaired) electrons. The Kier molecular flexibility index (Phi) is 4.94. The van der Waals surface area contributed by atoms with E-state index in [2.05, 4.69) is 27.2 Å². The highest BCUT2D eigenvalue weighted by molar-refractivity contribution is 9.12. The minimum Gasteiger partial charge on any atom is -0.462 e. The second-order valence-electron chi connectivity index (χ2n) is 1.47. The van der Waals surface area contributed by atoms with Crippen LogP contribution in [-0.2, 0) is 9.53 Å². The monoisotopic (exact) mass is 204 g/mol. The molecule has 0 aromatic heterocycles. The Morgan fingerprint density at radius 1 is 1.80 bits per heavy atom. The van der Waals surface area contributed by atoms with Crippen LogP contribution < -0.4 is 0 Å². The van der Waals surface area contributed by atoms with Crippen molar-refractivity contribution in [1.29, 1.82) is 0 Å². The van der Waals surface area contributed by atoms with Gasteiger partial charge in [-0.3, -0.25) is 0 Å². The number of rotatable bonds is 3. The number of hydrogen-bond acceptors (Lipinski definition) is 2. The Morgan fingerprint density at radius 2 is 2.40 bits per heavy atom. The molecule has 0 N–H and O–H groups in total. The van der Waals surface area contributed by atoms with E-state index in [-0.39, 0.29) is 5.97 Å². The molecule has 0 aromatic carbocycles. The molecule has 3 heteroatoms. The summed E-state index contributed by atoms with van der Waals surface area (Å²) in [5, 5.41) is 0. The fourth-order valence-corrected chi connectivity index (χ4v) is 0.673. The summed E-state index contributed by atoms with van der Waals surface area (Å²) in [5.74, 6) is -0.359. The standard InChI is InChI=1S/C7H9BrO2/c1-3-5-6(8)7(9)10-4-2/h3,5H,1,4H2,2H3. The summed E-state index contributed by atoms with van der Waals surface area (Å²) in [6, 6.07) is 0. The summed E-state index contributed by atoms with van der Waals surface area (Å²) in [6.45, 7) is 5.57. The van der Waals surface area contributed by atoms with Crippen molar-refractivity contribution >= 4 is 21.9 Å². The van der Waals surface area contributed by atoms with Gasteiger partial charge in [-0.1, -0.05) is 12.7 Å². The topological polar surface area (TPSA) is 26.3 Å². The molecule has 2 nitrogen and oxygen atoms in total. The second kappa shape index (κ2) is 5.23. The van der Waals surface area contributed by atoms with Crippen molar-refractivity contribution in [2.75, 3.05) is 6.61 Å². The van der Waals surface area contributed by atoms with Gasteiger partial charge in [0.1, 0.15) is 4.48 Å². The highest BCUT2D eigenvalue weighted by atomic mass is 79.9. The van der Waals surface area contributed by atoms with Gasteiger partial charge in [0.15, 0.2) is 0 Å². The normalized spacial score (nSPS) is 10.8. The van der Waals surface area contributed by atoms with Crippen LogP contribution in [0.15, 0.2) is 23.2 Å². The average molecular weight is 205 g/mol. The maximum atomic E-state index is 10.7. The van der Waals surface area contributed by atoms with Gasteiger partial charge in [0.2, 0.25) is 0 Å². The third kappa shape index (κ3) is 3.45. The van der Waals surface area contributed by atoms with E-state index in [0.717, 1.165) is 0 Å². The molecule has 0 atom stereocenters. The lowest BCUT2D eigenvalue weighted by atomic mass is 10.5. The molecule has 0 aromatic rings. The van der Waals surface area contributed by atoms with Gasteiger partial charge in [0.25, 0.3) is 0 Å². The van der Waals surface area contributed by atoms with E-state index >= 15 is 0 Å². The van der Waals surface area contributed by atoms with E-state index in [1.54, 1.807) is 6.92 Å². The van der Waals surface area contributed by atoms with Crippen molar-refractivity contribution in [3.63, 3.8) is 0 Å². The summed E-state index contributed by atoms with van der Waals surface area (Å²) in [6.07, 6.45) is 3.05. The number of allylic oxidation sites excluding steroid dienone is 2. The molecule has 0 aliphatic rings. The molecule has 0 unspecified atom stereocenters. The molecule has 0 aliphatic carbocycles. The first-order valence-corrected chi connectivity index (χ1v) is 3.67. The largest absolute Gasteiger partial charge is 0.462 e. The zero-order valence-electron chi connectivity index (χ0n) is 5.76. The summed E-state index contributed by atoms with van der Waals surface area (Å²) in [4.78, 5) is 10.7. The van der Waals surface area contributed by atoms with Crippen LogP contribution in [0.3, 0.4) is 0 Å². The molecule has 0 amide bonds. The molecule has 56 valence electrons. The smallest absolute Gasteiger partial charge is 0.345 e. The number of carbonyl (C=O) groups excluding carboxylic acids is 1. The van der Waals surface area contributed by atoms with Crippen LogP contribution in [0.1, 0.15) is 6.92 Å². The summed E-state index contributed by atoms with van der Waals surface area (Å²) in [7, 11) is 0. The van der Waals surface area contributed by atoms with Crippen molar-refractivity contribution in [2.45, 2.75) is 6.92 Å². The van der Waals surface area contributed by atoms with Crippen molar-refractivity contribution in [3.8, 4) is 0 Å². The van der Waals surface area contributed by atoms with Gasteiger partial charge in [-0.25, -0.2) is 4.79 Å². The van der Waals surface area contributed by atoms with Crippen molar-refractivity contribution < 1.29 is 9.53 Å². The Morgan fingerprint density at radius 3 is 2.80 bits per heavy atom. The van der Waals surface area contributed by atoms with Gasteiger partial charge in [0.05, 0.1) is 6.61 Å². The number of hydrogen-bond donors (Lipinski definition) is 0. The Balaban J connectivity index is 3.93. The summed E-state index contributed by atoms with van der Waals surface area (Å²) < 4.78 is 5.05. The molecule has 0 saturated carbocycles. The lowest BCUT2D eigenvalue weighted by Crippen LogP contribution is -2.02. The van der Waals surface area contributed by atoms with Crippen LogP contribution in [-0.4, -0.2) is 12.6 Å². The van der Waals surface area contributed by atoms with Crippen LogP contribution in [0.5, 0.6) is 0 Å². The van der Waals surface area contributed by atoms with Crippen LogP contribution in [0, 0.1) is 0 Å². The average Bonchev–Trinajstić information content (AvgIpc) is 1.89. The highest BCUT2D eigenvalue weighted by Crippen LogP contribution is 2.06. The first-order chi connectivity index (χ1) is 4.72. The molecule has 0 saturated heterocycles. The van der Waals surface area contributed by atoms with E-state index in [4.69, 9.17) is 0 Å². The first kappa shape index (κ1) is 9.43. The summed E-state index contributed by atoms with van der Waals surface area (Å²) in [5.41, 5.74) is 0. The van der Waals surface area contributed by atoms with E-state index < -0.39 is 0 Å². The lowest BCUT2D eigenvalue weighted by molar-refractivity contribution is -0.137. The van der Waals surface area contributed by atoms with Gasteiger partial charge in [-0.05, 0) is 28.9 Å². The van der Waals surface area contributed by atoms with Crippen LogP contribution in [0.4, 0.5) is 0 Å². The first-order valence-electron chi connectivity index (χ1n) is 2.87. The molecule has 0 bridgehead atoms. The molecule has 0 aliphatic heterocycles. The maximum Gasteiger partial charge on any atom is 0.345 e. The van der Waals surface area contributed by atoms with E-state index in [9.17, 15) is 4.79 Å². The molecule has 0 spiro atoms. The zero-order chi connectivity index (χ0) is 7.98. The SMILES string of the molecule is C=CC=C(Br)C(=O)OCC. The van der Waals surface area contributed by atoms with Crippen molar-refractivity contribution in [2.24, 2.45) is 0 Å². The predicted octanol–water partition coefficient (Wildman–Crippen LogP) is 2.01. The number of ether oxygens (including phenoxy) is 1. The van der Waals surface area contributed by atoms with Crippen LogP contribution in [0.25, 0.3) is 0 Å². The van der Waals surface area contributed by atoms with Gasteiger partial charge in [-0.2, -0.15) is 0 Å². The van der Waals surface area contributed by atoms with Gasteiger partial charge >= 0.3 is 5.97 Å². The zero-order valence-corrected chi connectivity index (χ0v) is 7.35. The quantitative estimate of drug-likeness (QED) is 0.400. The minimum absolute atomic E-state index is 0.359. The van der Waals surface area contributed by atoms with E-state index in [1.807, 2.05) is 0 Å². The molecular formula is C7H9BrO2. The van der Waals surface area contributed by atoms with Crippen molar-refractivity contribution in [1.82, 2.24) is 0 Å². The molecular weight excluding hydrogens is 196 g/mol.